The van der Waals surface area contributed by atoms with E-state index in [1.54, 1.807) is 62.0 Å². The van der Waals surface area contributed by atoms with Crippen LogP contribution in [0.2, 0.25) is 0 Å². The predicted octanol–water partition coefficient (Wildman–Crippen LogP) is 8.02. The Balaban J connectivity index is 0.944. The molecule has 0 aliphatic carbocycles. The Morgan fingerprint density at radius 3 is 1.18 bits per heavy atom. The van der Waals surface area contributed by atoms with Gasteiger partial charge in [-0.25, -0.2) is 9.97 Å². The molecule has 4 aromatic carbocycles. The molecule has 2 fully saturated rings. The maximum Gasteiger partial charge on any atom is 0.251 e. The lowest BCUT2D eigenvalue weighted by Crippen LogP contribution is -2.57. The summed E-state index contributed by atoms with van der Waals surface area (Å²) < 4.78 is 0. The van der Waals surface area contributed by atoms with E-state index in [0.29, 0.717) is 24.0 Å². The van der Waals surface area contributed by atoms with E-state index in [9.17, 15) is 28.8 Å². The zero-order chi connectivity index (χ0) is 56.1. The van der Waals surface area contributed by atoms with Gasteiger partial charge in [0.25, 0.3) is 11.8 Å². The molecule has 2 saturated heterocycles. The molecular weight excluding hydrogens is 1020 g/mol. The second-order valence-electron chi connectivity index (χ2n) is 22.5. The molecule has 6 N–H and O–H groups in total. The summed E-state index contributed by atoms with van der Waals surface area (Å²) in [6.07, 6.45) is 0.865. The van der Waals surface area contributed by atoms with Crippen molar-refractivity contribution in [3.63, 3.8) is 0 Å². The number of hydrogen-bond acceptors (Lipinski definition) is 12. The number of nitrogens with zero attached hydrogens (tertiary/aromatic N) is 4. The van der Waals surface area contributed by atoms with Crippen LogP contribution in [0, 0.1) is 10.8 Å². The zero-order valence-corrected chi connectivity index (χ0v) is 47.7. The van der Waals surface area contributed by atoms with Gasteiger partial charge in [-0.05, 0) is 87.0 Å². The van der Waals surface area contributed by atoms with Crippen LogP contribution in [0.5, 0.6) is 0 Å². The highest BCUT2D eigenvalue weighted by Gasteiger charge is 2.46. The number of nitrogens with one attached hydrogen (secondary N) is 6. The number of likely N-dealkylation sites (N-methyl/N-ethyl adjacent to an activating group) is 2. The van der Waals surface area contributed by atoms with Crippen LogP contribution in [0.3, 0.4) is 0 Å². The van der Waals surface area contributed by atoms with E-state index >= 15 is 0 Å². The second-order valence-corrected chi connectivity index (χ2v) is 24.3. The number of carbonyl (C=O) groups excluding carboxylic acids is 6. The fourth-order valence-electron chi connectivity index (χ4n) is 9.79. The molecule has 8 atom stereocenters. The maximum absolute atomic E-state index is 14.6. The fourth-order valence-corrected chi connectivity index (χ4v) is 11.7. The number of thiazole rings is 2. The molecule has 0 radical (unpaired) electrons. The van der Waals surface area contributed by atoms with Crippen molar-refractivity contribution in [2.75, 3.05) is 27.2 Å². The summed E-state index contributed by atoms with van der Waals surface area (Å²) in [5, 5.41) is 23.7. The van der Waals surface area contributed by atoms with Gasteiger partial charge < -0.3 is 41.7 Å². The summed E-state index contributed by atoms with van der Waals surface area (Å²) in [6, 6.07) is 29.8. The maximum atomic E-state index is 14.6. The minimum Gasteiger partial charge on any atom is -0.347 e. The molecule has 2 aromatic heterocycles. The second kappa shape index (κ2) is 24.3. The van der Waals surface area contributed by atoms with Gasteiger partial charge in [0.2, 0.25) is 23.6 Å². The SMILES string of the molecule is CNC(C)C(=O)NC(C(=O)N1CC(NC(=O)c2ccc(-c3ccc(C(=O)NC4CC(c5nc(-c6ccccc6)cs5)N(C(=O)C(NC(=O)C(C)NC)C(C)(C)C)C4)cc3)cc2)CC1c1nc(-c2ccccc2)cs1)C(C)(C)C. The third-order valence-corrected chi connectivity index (χ3v) is 16.6. The number of likely N-dealkylation sites (tertiary alicyclic amines) is 2. The Morgan fingerprint density at radius 1 is 0.513 bits per heavy atom. The molecule has 8 unspecified atom stereocenters. The van der Waals surface area contributed by atoms with Crippen LogP contribution in [-0.2, 0) is 19.2 Å². The third-order valence-electron chi connectivity index (χ3n) is 14.7. The number of hydrogen-bond donors (Lipinski definition) is 6. The molecule has 0 bridgehead atoms. The van der Waals surface area contributed by atoms with Crippen molar-refractivity contribution in [2.24, 2.45) is 10.8 Å². The van der Waals surface area contributed by atoms with Gasteiger partial charge in [-0.3, -0.25) is 28.8 Å². The largest absolute Gasteiger partial charge is 0.347 e. The minimum atomic E-state index is -0.837. The predicted molar refractivity (Wildman–Crippen MR) is 307 cm³/mol. The van der Waals surface area contributed by atoms with Gasteiger partial charge in [-0.2, -0.15) is 0 Å². The Kier molecular flexibility index (Phi) is 17.8. The van der Waals surface area contributed by atoms with E-state index in [1.807, 2.05) is 137 Å². The van der Waals surface area contributed by atoms with Gasteiger partial charge in [0, 0.05) is 58.2 Å². The molecule has 6 amide bonds. The van der Waals surface area contributed by atoms with Gasteiger partial charge >= 0.3 is 0 Å². The first-order chi connectivity index (χ1) is 37.1. The average Bonchev–Trinajstić information content (AvgIpc) is 4.36. The van der Waals surface area contributed by atoms with Crippen molar-refractivity contribution < 1.29 is 28.8 Å². The van der Waals surface area contributed by atoms with Crippen LogP contribution >= 0.6 is 22.7 Å². The first-order valence-electron chi connectivity index (χ1n) is 26.5. The molecule has 410 valence electrons. The van der Waals surface area contributed by atoms with Crippen LogP contribution in [0.15, 0.2) is 120 Å². The van der Waals surface area contributed by atoms with E-state index in [-0.39, 0.29) is 48.5 Å². The Hall–Kier alpha value is -7.12. The standard InChI is InChI=1S/C60H72N10O6S2/c1-35(61-9)51(71)67-49(59(3,4)5)57(75)69-31-43(29-47(69)55-65-45(33-77-55)39-17-13-11-14-18-39)63-53(73)41-25-21-37(22-26-41)38-23-27-42(28-24-38)54(74)64-44-30-48(56-66-46(34-78-56)40-19-15-12-16-20-40)70(32-44)58(76)50(60(6,7)8)68-52(72)36(2)62-10/h11-28,33-36,43-44,47-50,61-62H,29-32H2,1-10H3,(H,63,73)(H,64,74)(H,67,71)(H,68,72). The molecular formula is C60H72N10O6S2. The molecule has 18 heteroatoms. The summed E-state index contributed by atoms with van der Waals surface area (Å²) in [5.41, 5.74) is 4.85. The third kappa shape index (κ3) is 13.2. The quantitative estimate of drug-likeness (QED) is 0.0519. The number of benzene rings is 4. The van der Waals surface area contributed by atoms with Gasteiger partial charge in [-0.15, -0.1) is 22.7 Å². The number of amides is 6. The smallest absolute Gasteiger partial charge is 0.251 e. The van der Waals surface area contributed by atoms with E-state index in [0.717, 1.165) is 43.7 Å². The van der Waals surface area contributed by atoms with E-state index < -0.39 is 59.2 Å². The van der Waals surface area contributed by atoms with E-state index in [4.69, 9.17) is 9.97 Å². The summed E-state index contributed by atoms with van der Waals surface area (Å²) in [5.74, 6) is -1.63. The van der Waals surface area contributed by atoms with Gasteiger partial charge in [0.15, 0.2) is 0 Å². The van der Waals surface area contributed by atoms with Crippen LogP contribution in [0.4, 0.5) is 0 Å². The molecule has 0 spiro atoms. The molecule has 8 rings (SSSR count). The topological polar surface area (TPSA) is 207 Å². The summed E-state index contributed by atoms with van der Waals surface area (Å²) in [4.78, 5) is 97.1. The van der Waals surface area contributed by atoms with Crippen LogP contribution in [0.1, 0.15) is 111 Å². The lowest BCUT2D eigenvalue weighted by atomic mass is 9.85. The van der Waals surface area contributed by atoms with Crippen molar-refractivity contribution in [3.05, 3.63) is 141 Å². The van der Waals surface area contributed by atoms with Crippen molar-refractivity contribution in [1.82, 2.24) is 51.7 Å². The van der Waals surface area contributed by atoms with Crippen LogP contribution in [0.25, 0.3) is 33.6 Å². The molecule has 0 saturated carbocycles. The Bertz CT molecular complexity index is 2870. The molecule has 6 aromatic rings. The van der Waals surface area contributed by atoms with E-state index in [1.165, 1.54) is 22.7 Å². The monoisotopic (exact) mass is 1090 g/mol. The highest BCUT2D eigenvalue weighted by atomic mass is 32.1. The Morgan fingerprint density at radius 2 is 0.859 bits per heavy atom. The molecule has 2 aliphatic rings. The molecule has 2 aliphatic heterocycles. The van der Waals surface area contributed by atoms with Crippen molar-refractivity contribution >= 4 is 58.1 Å². The van der Waals surface area contributed by atoms with Crippen molar-refractivity contribution in [2.45, 2.75) is 117 Å². The zero-order valence-electron chi connectivity index (χ0n) is 46.0. The van der Waals surface area contributed by atoms with Crippen molar-refractivity contribution in [1.29, 1.82) is 0 Å². The highest BCUT2D eigenvalue weighted by molar-refractivity contribution is 7.10. The highest BCUT2D eigenvalue weighted by Crippen LogP contribution is 2.40. The summed E-state index contributed by atoms with van der Waals surface area (Å²) >= 11 is 2.94. The number of rotatable bonds is 17. The van der Waals surface area contributed by atoms with Gasteiger partial charge in [0.05, 0.1) is 35.6 Å². The lowest BCUT2D eigenvalue weighted by Gasteiger charge is -2.36. The number of aromatic nitrogens is 2. The van der Waals surface area contributed by atoms with Gasteiger partial charge in [0.1, 0.15) is 22.1 Å². The summed E-state index contributed by atoms with van der Waals surface area (Å²) in [7, 11) is 3.39. The minimum absolute atomic E-state index is 0.227. The summed E-state index contributed by atoms with van der Waals surface area (Å²) in [6.45, 7) is 15.5. The normalized spacial score (nSPS) is 19.1. The lowest BCUT2D eigenvalue weighted by molar-refractivity contribution is -0.140. The molecule has 16 nitrogen and oxygen atoms in total. The van der Waals surface area contributed by atoms with Crippen LogP contribution < -0.4 is 31.9 Å². The van der Waals surface area contributed by atoms with Gasteiger partial charge in [-0.1, -0.05) is 126 Å². The first kappa shape index (κ1) is 57.1. The molecule has 78 heavy (non-hydrogen) atoms. The van der Waals surface area contributed by atoms with Crippen LogP contribution in [-0.4, -0.2) is 119 Å². The first-order valence-corrected chi connectivity index (χ1v) is 28.3. The fraction of sp³-hybridized carbons (Fsp3) is 0.400. The van der Waals surface area contributed by atoms with E-state index in [2.05, 4.69) is 31.9 Å². The molecule has 4 heterocycles. The average molecular weight is 1090 g/mol. The van der Waals surface area contributed by atoms with Crippen molar-refractivity contribution in [3.8, 4) is 33.6 Å². The number of carbonyl (C=O) groups is 6. The Labute approximate surface area is 465 Å².